The Balaban J connectivity index is 1.38. The summed E-state index contributed by atoms with van der Waals surface area (Å²) in [7, 11) is 0. The number of carbonyl (C=O) groups excluding carboxylic acids is 1. The van der Waals surface area contributed by atoms with Crippen LogP contribution in [0.5, 0.6) is 5.75 Å². The number of amides is 1. The highest BCUT2D eigenvalue weighted by Gasteiger charge is 2.02. The highest BCUT2D eigenvalue weighted by atomic mass is 35.5. The summed E-state index contributed by atoms with van der Waals surface area (Å²) in [5.41, 5.74) is 5.62. The Morgan fingerprint density at radius 3 is 2.38 bits per heavy atom. The van der Waals surface area contributed by atoms with Crippen LogP contribution in [0.3, 0.4) is 0 Å². The summed E-state index contributed by atoms with van der Waals surface area (Å²) in [6.07, 6.45) is 3.83. The van der Waals surface area contributed by atoms with E-state index in [1.807, 2.05) is 42.5 Å². The van der Waals surface area contributed by atoms with E-state index in [1.165, 1.54) is 5.56 Å². The van der Waals surface area contributed by atoms with Crippen molar-refractivity contribution in [3.05, 3.63) is 101 Å². The van der Waals surface area contributed by atoms with Gasteiger partial charge in [-0.3, -0.25) is 4.79 Å². The molecular formula is C24H23ClN2O2. The maximum absolute atomic E-state index is 11.9. The van der Waals surface area contributed by atoms with Crippen molar-refractivity contribution in [1.82, 2.24) is 5.43 Å². The number of hydrazone groups is 1. The van der Waals surface area contributed by atoms with Gasteiger partial charge < -0.3 is 4.74 Å². The van der Waals surface area contributed by atoms with Crippen molar-refractivity contribution in [3.63, 3.8) is 0 Å². The minimum atomic E-state index is -0.179. The van der Waals surface area contributed by atoms with Gasteiger partial charge in [-0.15, -0.1) is 0 Å². The maximum atomic E-state index is 11.9. The number of nitrogens with zero attached hydrogens (tertiary/aromatic N) is 1. The quantitative estimate of drug-likeness (QED) is 0.307. The number of nitrogens with one attached hydrogen (secondary N) is 1. The number of rotatable bonds is 9. The molecule has 1 amide bonds. The molecule has 1 N–H and O–H groups in total. The zero-order valence-corrected chi connectivity index (χ0v) is 16.8. The van der Waals surface area contributed by atoms with Crippen molar-refractivity contribution >= 4 is 23.7 Å². The third kappa shape index (κ3) is 7.43. The zero-order chi connectivity index (χ0) is 20.3. The van der Waals surface area contributed by atoms with Crippen molar-refractivity contribution in [3.8, 4) is 5.75 Å². The van der Waals surface area contributed by atoms with Crippen LogP contribution in [0.1, 0.15) is 23.1 Å². The van der Waals surface area contributed by atoms with Crippen LogP contribution in [-0.2, 0) is 17.6 Å². The van der Waals surface area contributed by atoms with E-state index in [0.29, 0.717) is 11.6 Å². The van der Waals surface area contributed by atoms with Gasteiger partial charge in [-0.05, 0) is 65.9 Å². The van der Waals surface area contributed by atoms with Crippen LogP contribution in [0.25, 0.3) is 0 Å². The van der Waals surface area contributed by atoms with E-state index in [-0.39, 0.29) is 12.3 Å². The molecule has 3 aromatic carbocycles. The number of aryl methyl sites for hydroxylation is 1. The molecule has 0 fully saturated rings. The molecule has 3 rings (SSSR count). The standard InChI is InChI=1S/C24H23ClN2O2/c25-22-12-8-20(9-13-22)17-24(28)27-26-18-21-10-14-23(15-11-21)29-16-4-7-19-5-2-1-3-6-19/h1-3,5-6,8-15,18H,4,7,16-17H2,(H,27,28)/b26-18-. The predicted octanol–water partition coefficient (Wildman–Crippen LogP) is 5.04. The lowest BCUT2D eigenvalue weighted by atomic mass is 10.1. The lowest BCUT2D eigenvalue weighted by Crippen LogP contribution is -2.19. The van der Waals surface area contributed by atoms with Crippen LogP contribution in [-0.4, -0.2) is 18.7 Å². The van der Waals surface area contributed by atoms with Crippen molar-refractivity contribution < 1.29 is 9.53 Å². The van der Waals surface area contributed by atoms with Gasteiger partial charge in [0.1, 0.15) is 5.75 Å². The van der Waals surface area contributed by atoms with Gasteiger partial charge >= 0.3 is 0 Å². The van der Waals surface area contributed by atoms with E-state index in [0.717, 1.165) is 29.7 Å². The molecule has 3 aromatic rings. The van der Waals surface area contributed by atoms with E-state index in [2.05, 4.69) is 34.8 Å². The number of ether oxygens (including phenoxy) is 1. The molecule has 0 aromatic heterocycles. The van der Waals surface area contributed by atoms with Gasteiger partial charge in [-0.1, -0.05) is 54.1 Å². The zero-order valence-electron chi connectivity index (χ0n) is 16.1. The van der Waals surface area contributed by atoms with Crippen molar-refractivity contribution in [2.45, 2.75) is 19.3 Å². The maximum Gasteiger partial charge on any atom is 0.244 e. The molecule has 0 saturated carbocycles. The third-order valence-electron chi connectivity index (χ3n) is 4.28. The average Bonchev–Trinajstić information content (AvgIpc) is 2.75. The highest BCUT2D eigenvalue weighted by molar-refractivity contribution is 6.30. The summed E-state index contributed by atoms with van der Waals surface area (Å²) in [6.45, 7) is 0.670. The van der Waals surface area contributed by atoms with Crippen LogP contribution in [0, 0.1) is 0 Å². The van der Waals surface area contributed by atoms with Crippen molar-refractivity contribution in [2.24, 2.45) is 5.10 Å². The van der Waals surface area contributed by atoms with Gasteiger partial charge in [0.15, 0.2) is 0 Å². The average molecular weight is 407 g/mol. The Morgan fingerprint density at radius 2 is 1.66 bits per heavy atom. The molecule has 0 aliphatic heterocycles. The molecule has 0 spiro atoms. The van der Waals surface area contributed by atoms with E-state index in [9.17, 15) is 4.79 Å². The van der Waals surface area contributed by atoms with Gasteiger partial charge in [0, 0.05) is 5.02 Å². The smallest absolute Gasteiger partial charge is 0.244 e. The first-order valence-corrected chi connectivity index (χ1v) is 9.90. The number of carbonyl (C=O) groups is 1. The predicted molar refractivity (Wildman–Crippen MR) is 118 cm³/mol. The largest absolute Gasteiger partial charge is 0.494 e. The molecule has 0 unspecified atom stereocenters. The van der Waals surface area contributed by atoms with Crippen LogP contribution >= 0.6 is 11.6 Å². The van der Waals surface area contributed by atoms with Gasteiger partial charge in [-0.25, -0.2) is 5.43 Å². The Labute approximate surface area is 176 Å². The second-order valence-corrected chi connectivity index (χ2v) is 7.04. The summed E-state index contributed by atoms with van der Waals surface area (Å²) >= 11 is 5.84. The minimum absolute atomic E-state index is 0.179. The molecular weight excluding hydrogens is 384 g/mol. The number of halogens is 1. The van der Waals surface area contributed by atoms with Crippen LogP contribution in [0.4, 0.5) is 0 Å². The fourth-order valence-electron chi connectivity index (χ4n) is 2.77. The Hall–Kier alpha value is -3.11. The molecule has 0 heterocycles. The topological polar surface area (TPSA) is 50.7 Å². The fourth-order valence-corrected chi connectivity index (χ4v) is 2.89. The normalized spacial score (nSPS) is 10.8. The first kappa shape index (κ1) is 20.6. The first-order chi connectivity index (χ1) is 14.2. The molecule has 148 valence electrons. The Bertz CT molecular complexity index is 923. The third-order valence-corrected chi connectivity index (χ3v) is 4.53. The molecule has 5 heteroatoms. The summed E-state index contributed by atoms with van der Waals surface area (Å²) < 4.78 is 5.78. The lowest BCUT2D eigenvalue weighted by Gasteiger charge is -2.06. The molecule has 0 bridgehead atoms. The van der Waals surface area contributed by atoms with E-state index in [4.69, 9.17) is 16.3 Å². The van der Waals surface area contributed by atoms with Gasteiger partial charge in [0.2, 0.25) is 5.91 Å². The Kier molecular flexibility index (Phi) is 7.84. The van der Waals surface area contributed by atoms with Crippen molar-refractivity contribution in [1.29, 1.82) is 0 Å². The SMILES string of the molecule is O=C(Cc1ccc(Cl)cc1)N/N=C\c1ccc(OCCCc2ccccc2)cc1. The summed E-state index contributed by atoms with van der Waals surface area (Å²) in [6, 6.07) is 25.2. The summed E-state index contributed by atoms with van der Waals surface area (Å²) in [5, 5.41) is 4.65. The van der Waals surface area contributed by atoms with Crippen LogP contribution in [0.15, 0.2) is 84.0 Å². The van der Waals surface area contributed by atoms with E-state index in [1.54, 1.807) is 18.3 Å². The summed E-state index contributed by atoms with van der Waals surface area (Å²) in [5.74, 6) is 0.643. The van der Waals surface area contributed by atoms with Gasteiger partial charge in [-0.2, -0.15) is 5.10 Å². The van der Waals surface area contributed by atoms with Gasteiger partial charge in [0.05, 0.1) is 19.2 Å². The molecule has 0 aliphatic carbocycles. The number of hydrogen-bond donors (Lipinski definition) is 1. The fraction of sp³-hybridized carbons (Fsp3) is 0.167. The van der Waals surface area contributed by atoms with Gasteiger partial charge in [0.25, 0.3) is 0 Å². The first-order valence-electron chi connectivity index (χ1n) is 9.52. The monoisotopic (exact) mass is 406 g/mol. The number of benzene rings is 3. The molecule has 0 saturated heterocycles. The molecule has 0 aliphatic rings. The van der Waals surface area contributed by atoms with Crippen molar-refractivity contribution in [2.75, 3.05) is 6.61 Å². The molecule has 4 nitrogen and oxygen atoms in total. The summed E-state index contributed by atoms with van der Waals surface area (Å²) in [4.78, 5) is 11.9. The Morgan fingerprint density at radius 1 is 0.931 bits per heavy atom. The van der Waals surface area contributed by atoms with Crippen LogP contribution < -0.4 is 10.2 Å². The van der Waals surface area contributed by atoms with E-state index < -0.39 is 0 Å². The minimum Gasteiger partial charge on any atom is -0.494 e. The lowest BCUT2D eigenvalue weighted by molar-refractivity contribution is -0.120. The number of hydrogen-bond acceptors (Lipinski definition) is 3. The molecule has 0 atom stereocenters. The second-order valence-electron chi connectivity index (χ2n) is 6.60. The molecule has 0 radical (unpaired) electrons. The molecule has 29 heavy (non-hydrogen) atoms. The second kappa shape index (κ2) is 11.0. The van der Waals surface area contributed by atoms with E-state index >= 15 is 0 Å². The highest BCUT2D eigenvalue weighted by Crippen LogP contribution is 2.12. The van der Waals surface area contributed by atoms with Crippen LogP contribution in [0.2, 0.25) is 5.02 Å².